The molecule has 4 atom stereocenters. The van der Waals surface area contributed by atoms with Crippen LogP contribution in [0.4, 0.5) is 5.82 Å². The fraction of sp³-hybridized carbons (Fsp3) is 0.500. The molecule has 4 heterocycles. The summed E-state index contributed by atoms with van der Waals surface area (Å²) in [4.78, 5) is 20.0. The standard InChI is InChI=1S/C24H29N7O/c1-13-19-11-30(12-20(13)19)22-7-4-16(14(2)26-22)9-31-10-17(8-25-31)24(32)27-21-6-5-18-15(3)28-29-23(18)21/h4,7-8,10,13,19-21H,5-6,9,11-12H2,1-3H3,(H,27,32)(H,28,29)/t13-,19+,20-,21-/m1/s1. The van der Waals surface area contributed by atoms with Crippen molar-refractivity contribution < 1.29 is 4.79 Å². The number of amides is 1. The third-order valence-electron chi connectivity index (χ3n) is 7.78. The number of aromatic nitrogens is 5. The van der Waals surface area contributed by atoms with Crippen molar-refractivity contribution in [2.45, 2.75) is 46.2 Å². The number of aromatic amines is 1. The molecule has 0 spiro atoms. The lowest BCUT2D eigenvalue weighted by Crippen LogP contribution is -2.27. The van der Waals surface area contributed by atoms with Gasteiger partial charge < -0.3 is 10.2 Å². The van der Waals surface area contributed by atoms with Crippen molar-refractivity contribution in [3.63, 3.8) is 0 Å². The number of hydrogen-bond acceptors (Lipinski definition) is 5. The van der Waals surface area contributed by atoms with Crippen LogP contribution in [0.25, 0.3) is 0 Å². The molecule has 0 bridgehead atoms. The first kappa shape index (κ1) is 19.5. The molecule has 3 aromatic rings. The molecule has 3 aliphatic rings. The summed E-state index contributed by atoms with van der Waals surface area (Å²) in [7, 11) is 0. The van der Waals surface area contributed by atoms with Crippen LogP contribution in [-0.2, 0) is 13.0 Å². The van der Waals surface area contributed by atoms with Crippen LogP contribution in [0.3, 0.4) is 0 Å². The molecule has 1 aliphatic heterocycles. The molecule has 8 nitrogen and oxygen atoms in total. The Morgan fingerprint density at radius 3 is 2.84 bits per heavy atom. The monoisotopic (exact) mass is 431 g/mol. The second-order valence-electron chi connectivity index (χ2n) is 9.71. The van der Waals surface area contributed by atoms with Gasteiger partial charge in [0.2, 0.25) is 0 Å². The Balaban J connectivity index is 1.10. The number of H-pyrrole nitrogens is 1. The highest BCUT2D eigenvalue weighted by atomic mass is 16.1. The zero-order valence-electron chi connectivity index (χ0n) is 18.8. The molecule has 166 valence electrons. The predicted molar refractivity (Wildman–Crippen MR) is 121 cm³/mol. The van der Waals surface area contributed by atoms with Crippen molar-refractivity contribution in [3.8, 4) is 0 Å². The van der Waals surface area contributed by atoms with Crippen LogP contribution in [0.2, 0.25) is 0 Å². The van der Waals surface area contributed by atoms with Gasteiger partial charge in [-0.2, -0.15) is 10.2 Å². The first-order valence-corrected chi connectivity index (χ1v) is 11.6. The number of rotatable bonds is 5. The van der Waals surface area contributed by atoms with Gasteiger partial charge in [0.15, 0.2) is 0 Å². The number of carbonyl (C=O) groups is 1. The topological polar surface area (TPSA) is 91.7 Å². The molecule has 0 unspecified atom stereocenters. The van der Waals surface area contributed by atoms with Gasteiger partial charge in [-0.05, 0) is 61.6 Å². The summed E-state index contributed by atoms with van der Waals surface area (Å²) in [5.74, 6) is 3.58. The SMILES string of the molecule is Cc1nc(N2C[C@@H]3[C@H](C)[C@@H]3C2)ccc1Cn1cc(C(=O)N[C@@H]2CCc3c2n[nH]c3C)cn1. The highest BCUT2D eigenvalue weighted by Gasteiger charge is 2.52. The summed E-state index contributed by atoms with van der Waals surface area (Å²) < 4.78 is 1.81. The minimum Gasteiger partial charge on any atom is -0.356 e. The Hall–Kier alpha value is -3.16. The molecule has 3 aromatic heterocycles. The van der Waals surface area contributed by atoms with E-state index in [4.69, 9.17) is 4.98 Å². The average molecular weight is 432 g/mol. The van der Waals surface area contributed by atoms with E-state index in [1.807, 2.05) is 17.8 Å². The molecule has 0 radical (unpaired) electrons. The fourth-order valence-corrected chi connectivity index (χ4v) is 5.55. The van der Waals surface area contributed by atoms with Gasteiger partial charge in [-0.1, -0.05) is 13.0 Å². The highest BCUT2D eigenvalue weighted by molar-refractivity contribution is 5.94. The van der Waals surface area contributed by atoms with Crippen molar-refractivity contribution in [2.75, 3.05) is 18.0 Å². The van der Waals surface area contributed by atoms with Crippen molar-refractivity contribution in [3.05, 3.63) is 58.3 Å². The molecular formula is C24H29N7O. The van der Waals surface area contributed by atoms with Gasteiger partial charge in [0.25, 0.3) is 5.91 Å². The van der Waals surface area contributed by atoms with E-state index in [1.165, 1.54) is 5.56 Å². The molecule has 1 amide bonds. The van der Waals surface area contributed by atoms with Crippen LogP contribution in [0, 0.1) is 31.6 Å². The van der Waals surface area contributed by atoms with Crippen LogP contribution in [0.1, 0.15) is 58.0 Å². The van der Waals surface area contributed by atoms with E-state index in [1.54, 1.807) is 6.20 Å². The van der Waals surface area contributed by atoms with E-state index in [0.29, 0.717) is 12.1 Å². The van der Waals surface area contributed by atoms with Gasteiger partial charge in [0, 0.05) is 30.7 Å². The summed E-state index contributed by atoms with van der Waals surface area (Å²) >= 11 is 0. The Labute approximate surface area is 187 Å². The van der Waals surface area contributed by atoms with E-state index in [-0.39, 0.29) is 11.9 Å². The molecule has 6 rings (SSSR count). The zero-order chi connectivity index (χ0) is 22.0. The van der Waals surface area contributed by atoms with Crippen molar-refractivity contribution in [2.24, 2.45) is 17.8 Å². The lowest BCUT2D eigenvalue weighted by molar-refractivity contribution is 0.0936. The van der Waals surface area contributed by atoms with Crippen LogP contribution in [0.15, 0.2) is 24.5 Å². The number of piperidine rings is 1. The maximum Gasteiger partial charge on any atom is 0.255 e. The van der Waals surface area contributed by atoms with Gasteiger partial charge in [-0.25, -0.2) is 4.98 Å². The van der Waals surface area contributed by atoms with Gasteiger partial charge >= 0.3 is 0 Å². The lowest BCUT2D eigenvalue weighted by atomic mass is 10.2. The Morgan fingerprint density at radius 2 is 2.06 bits per heavy atom. The quantitative estimate of drug-likeness (QED) is 0.648. The number of fused-ring (bicyclic) bond motifs is 2. The Morgan fingerprint density at radius 1 is 1.25 bits per heavy atom. The number of anilines is 1. The molecule has 0 aromatic carbocycles. The third-order valence-corrected chi connectivity index (χ3v) is 7.78. The number of hydrogen-bond donors (Lipinski definition) is 2. The Bertz CT molecular complexity index is 1180. The van der Waals surface area contributed by atoms with Crippen molar-refractivity contribution in [1.82, 2.24) is 30.3 Å². The second kappa shape index (κ2) is 7.18. The average Bonchev–Trinajstić information content (AvgIpc) is 3.36. The number of nitrogens with zero attached hydrogens (tertiary/aromatic N) is 5. The van der Waals surface area contributed by atoms with Crippen molar-refractivity contribution in [1.29, 1.82) is 0 Å². The van der Waals surface area contributed by atoms with Crippen LogP contribution in [0.5, 0.6) is 0 Å². The number of carbonyl (C=O) groups excluding carboxylic acids is 1. The van der Waals surface area contributed by atoms with Crippen LogP contribution in [-0.4, -0.2) is 44.0 Å². The summed E-state index contributed by atoms with van der Waals surface area (Å²) in [6.45, 7) is 9.30. The molecule has 1 saturated heterocycles. The zero-order valence-corrected chi connectivity index (χ0v) is 18.8. The molecule has 2 fully saturated rings. The van der Waals surface area contributed by atoms with E-state index in [2.05, 4.69) is 51.5 Å². The molecule has 2 aliphatic carbocycles. The maximum atomic E-state index is 12.8. The van der Waals surface area contributed by atoms with Crippen LogP contribution < -0.4 is 10.2 Å². The summed E-state index contributed by atoms with van der Waals surface area (Å²) in [5.41, 5.74) is 6.00. The molecule has 1 saturated carbocycles. The smallest absolute Gasteiger partial charge is 0.255 e. The molecular weight excluding hydrogens is 402 g/mol. The number of aryl methyl sites for hydroxylation is 2. The predicted octanol–water partition coefficient (Wildman–Crippen LogP) is 2.79. The second-order valence-corrected chi connectivity index (χ2v) is 9.71. The first-order chi connectivity index (χ1) is 15.5. The largest absolute Gasteiger partial charge is 0.356 e. The third kappa shape index (κ3) is 3.20. The highest BCUT2D eigenvalue weighted by Crippen LogP contribution is 2.51. The van der Waals surface area contributed by atoms with E-state index in [9.17, 15) is 4.79 Å². The molecule has 32 heavy (non-hydrogen) atoms. The van der Waals surface area contributed by atoms with Crippen LogP contribution >= 0.6 is 0 Å². The number of pyridine rings is 1. The van der Waals surface area contributed by atoms with Gasteiger partial charge in [-0.3, -0.25) is 14.6 Å². The summed E-state index contributed by atoms with van der Waals surface area (Å²) in [6.07, 6.45) is 5.28. The fourth-order valence-electron chi connectivity index (χ4n) is 5.55. The van der Waals surface area contributed by atoms with E-state index in [0.717, 1.165) is 72.1 Å². The maximum absolute atomic E-state index is 12.8. The summed E-state index contributed by atoms with van der Waals surface area (Å²) in [5, 5.41) is 14.9. The van der Waals surface area contributed by atoms with Gasteiger partial charge in [0.1, 0.15) is 5.82 Å². The lowest BCUT2D eigenvalue weighted by Gasteiger charge is -2.21. The normalized spacial score (nSPS) is 25.7. The van der Waals surface area contributed by atoms with Gasteiger partial charge in [0.05, 0.1) is 30.0 Å². The van der Waals surface area contributed by atoms with E-state index >= 15 is 0 Å². The molecule has 2 N–H and O–H groups in total. The van der Waals surface area contributed by atoms with E-state index < -0.39 is 0 Å². The minimum atomic E-state index is -0.109. The Kier molecular flexibility index (Phi) is 4.38. The summed E-state index contributed by atoms with van der Waals surface area (Å²) in [6, 6.07) is 4.23. The first-order valence-electron chi connectivity index (χ1n) is 11.6. The minimum absolute atomic E-state index is 0.0376. The van der Waals surface area contributed by atoms with Crippen molar-refractivity contribution >= 4 is 11.7 Å². The molecule has 8 heteroatoms. The number of nitrogens with one attached hydrogen (secondary N) is 2. The van der Waals surface area contributed by atoms with Gasteiger partial charge in [-0.15, -0.1) is 0 Å².